The summed E-state index contributed by atoms with van der Waals surface area (Å²) >= 11 is 0. The molecule has 1 saturated carbocycles. The van der Waals surface area contributed by atoms with Crippen molar-refractivity contribution in [3.05, 3.63) is 48.0 Å². The molecule has 1 aliphatic carbocycles. The van der Waals surface area contributed by atoms with E-state index in [0.29, 0.717) is 50.5 Å². The zero-order chi connectivity index (χ0) is 28.8. The van der Waals surface area contributed by atoms with Crippen LogP contribution in [0.1, 0.15) is 76.1 Å². The van der Waals surface area contributed by atoms with Gasteiger partial charge in [0.05, 0.1) is 29.9 Å². The predicted octanol–water partition coefficient (Wildman–Crippen LogP) is 4.43. The molecule has 5 rings (SSSR count). The first-order valence-electron chi connectivity index (χ1n) is 15.1. The Hall–Kier alpha value is -2.37. The van der Waals surface area contributed by atoms with Crippen LogP contribution < -0.4 is 10.1 Å². The number of nitrogens with one attached hydrogen (secondary N) is 1. The number of rotatable bonds is 10. The smallest absolute Gasteiger partial charge is 0.248 e. The Morgan fingerprint density at radius 2 is 1.68 bits per heavy atom. The van der Waals surface area contributed by atoms with E-state index in [0.717, 1.165) is 44.2 Å². The Balaban J connectivity index is 0.00000225. The molecule has 2 atom stereocenters. The molecule has 44 heavy (non-hydrogen) atoms. The van der Waals surface area contributed by atoms with Gasteiger partial charge in [-0.25, -0.2) is 0 Å². The minimum Gasteiger partial charge on any atom is -0.506 e. The van der Waals surface area contributed by atoms with Gasteiger partial charge in [0.15, 0.2) is 0 Å². The van der Waals surface area contributed by atoms with Gasteiger partial charge in [-0.1, -0.05) is 32.6 Å². The molecule has 13 heteroatoms. The lowest BCUT2D eigenvalue weighted by Crippen LogP contribution is -2.75. The van der Waals surface area contributed by atoms with Gasteiger partial charge in [0.1, 0.15) is 29.7 Å². The maximum Gasteiger partial charge on any atom is 0.248 e. The van der Waals surface area contributed by atoms with E-state index in [1.807, 2.05) is 17.0 Å². The SMILES string of the molecule is CCCCN1C(=O)[C@@H]([C@H](O)C2CCCCC2)NC(=O)C12CCN(Cc1ccc(OCc3ccc(O)cn3)cn1)CC2.Cl.Cl.Cl. The Morgan fingerprint density at radius 3 is 2.30 bits per heavy atom. The number of hydrogen-bond acceptors (Lipinski definition) is 8. The molecule has 0 unspecified atom stereocenters. The van der Waals surface area contributed by atoms with E-state index in [1.54, 1.807) is 18.3 Å². The quantitative estimate of drug-likeness (QED) is 0.338. The fraction of sp³-hybridized carbons (Fsp3) is 0.613. The minimum absolute atomic E-state index is 0. The Morgan fingerprint density at radius 1 is 1.00 bits per heavy atom. The van der Waals surface area contributed by atoms with Crippen LogP contribution in [0.2, 0.25) is 0 Å². The maximum atomic E-state index is 13.8. The van der Waals surface area contributed by atoms with Crippen molar-refractivity contribution >= 4 is 49.0 Å². The summed E-state index contributed by atoms with van der Waals surface area (Å²) in [5.41, 5.74) is 0.750. The van der Waals surface area contributed by atoms with E-state index >= 15 is 0 Å². The average molecular weight is 675 g/mol. The van der Waals surface area contributed by atoms with Crippen LogP contribution in [-0.4, -0.2) is 79.1 Å². The summed E-state index contributed by atoms with van der Waals surface area (Å²) in [5, 5.41) is 23.5. The zero-order valence-corrected chi connectivity index (χ0v) is 27.7. The summed E-state index contributed by atoms with van der Waals surface area (Å²) in [6, 6.07) is 6.26. The van der Waals surface area contributed by atoms with Crippen LogP contribution in [0, 0.1) is 5.92 Å². The second-order valence-electron chi connectivity index (χ2n) is 11.8. The highest BCUT2D eigenvalue weighted by Crippen LogP contribution is 2.36. The molecule has 0 radical (unpaired) electrons. The lowest BCUT2D eigenvalue weighted by atomic mass is 9.78. The van der Waals surface area contributed by atoms with Crippen molar-refractivity contribution in [3.8, 4) is 11.5 Å². The van der Waals surface area contributed by atoms with Crippen molar-refractivity contribution in [2.75, 3.05) is 19.6 Å². The third-order valence-corrected chi connectivity index (χ3v) is 9.03. The van der Waals surface area contributed by atoms with E-state index in [2.05, 4.69) is 27.1 Å². The summed E-state index contributed by atoms with van der Waals surface area (Å²) in [6.45, 7) is 4.90. The highest BCUT2D eigenvalue weighted by molar-refractivity contribution is 6.00. The standard InChI is InChI=1S/C31H43N5O5.3ClH/c1-2-3-15-36-29(39)27(28(38)22-7-5-4-6-8-22)34-30(40)31(36)13-16-35(17-14-31)20-23-10-12-26(19-33-23)41-21-24-9-11-25(37)18-32-24;;;/h9-12,18-19,22,27-28,37-38H,2-8,13-17,20-21H2,1H3,(H,34,40);3*1H/t27-,28-;;;/m1.../s1. The van der Waals surface area contributed by atoms with Crippen LogP contribution in [0.5, 0.6) is 11.5 Å². The largest absolute Gasteiger partial charge is 0.506 e. The number of aliphatic hydroxyl groups is 1. The fourth-order valence-corrected chi connectivity index (χ4v) is 6.51. The number of carbonyl (C=O) groups excluding carboxylic acids is 2. The van der Waals surface area contributed by atoms with Crippen LogP contribution in [0.4, 0.5) is 0 Å². The monoisotopic (exact) mass is 673 g/mol. The number of hydrogen-bond donors (Lipinski definition) is 3. The molecule has 3 fully saturated rings. The van der Waals surface area contributed by atoms with Crippen LogP contribution in [-0.2, 0) is 22.7 Å². The van der Waals surface area contributed by atoms with Crippen molar-refractivity contribution < 1.29 is 24.5 Å². The third-order valence-electron chi connectivity index (χ3n) is 9.03. The first kappa shape index (κ1) is 37.8. The second kappa shape index (κ2) is 17.4. The van der Waals surface area contributed by atoms with Gasteiger partial charge in [-0.3, -0.25) is 24.5 Å². The molecule has 3 aliphatic rings. The van der Waals surface area contributed by atoms with Crippen molar-refractivity contribution in [2.24, 2.45) is 5.92 Å². The molecule has 3 N–H and O–H groups in total. The Bertz CT molecular complexity index is 1180. The highest BCUT2D eigenvalue weighted by atomic mass is 35.5. The predicted molar refractivity (Wildman–Crippen MR) is 175 cm³/mol. The van der Waals surface area contributed by atoms with Gasteiger partial charge in [-0.05, 0) is 62.3 Å². The van der Waals surface area contributed by atoms with E-state index in [1.165, 1.54) is 12.6 Å². The minimum atomic E-state index is -0.862. The number of piperidine rings is 1. The van der Waals surface area contributed by atoms with Gasteiger partial charge >= 0.3 is 0 Å². The molecule has 0 bridgehead atoms. The van der Waals surface area contributed by atoms with Crippen LogP contribution in [0.15, 0.2) is 36.7 Å². The number of amides is 2. The molecule has 2 aromatic heterocycles. The van der Waals surface area contributed by atoms with E-state index in [4.69, 9.17) is 4.74 Å². The van der Waals surface area contributed by atoms with Crippen LogP contribution in [0.25, 0.3) is 0 Å². The number of ether oxygens (including phenoxy) is 1. The molecule has 0 aromatic carbocycles. The first-order valence-corrected chi connectivity index (χ1v) is 15.1. The number of nitrogens with zero attached hydrogens (tertiary/aromatic N) is 4. The number of aromatic nitrogens is 2. The van der Waals surface area contributed by atoms with E-state index in [9.17, 15) is 19.8 Å². The van der Waals surface area contributed by atoms with Crippen molar-refractivity contribution in [2.45, 2.75) is 95.5 Å². The summed E-state index contributed by atoms with van der Waals surface area (Å²) in [7, 11) is 0. The van der Waals surface area contributed by atoms with Crippen LogP contribution >= 0.6 is 37.2 Å². The highest BCUT2D eigenvalue weighted by Gasteiger charge is 2.55. The van der Waals surface area contributed by atoms with Gasteiger partial charge in [0.25, 0.3) is 0 Å². The van der Waals surface area contributed by atoms with Gasteiger partial charge in [-0.2, -0.15) is 0 Å². The Kier molecular flexibility index (Phi) is 14.9. The molecular formula is C31H46Cl3N5O5. The number of pyridine rings is 2. The molecule has 2 saturated heterocycles. The number of aliphatic hydroxyl groups excluding tert-OH is 1. The van der Waals surface area contributed by atoms with Gasteiger partial charge < -0.3 is 25.2 Å². The topological polar surface area (TPSA) is 128 Å². The Labute approximate surface area is 278 Å². The number of likely N-dealkylation sites (tertiary alicyclic amines) is 1. The molecule has 2 aliphatic heterocycles. The summed E-state index contributed by atoms with van der Waals surface area (Å²) in [5.74, 6) is 0.580. The molecule has 4 heterocycles. The summed E-state index contributed by atoms with van der Waals surface area (Å²) < 4.78 is 5.76. The maximum absolute atomic E-state index is 13.8. The number of piperazine rings is 1. The van der Waals surface area contributed by atoms with E-state index < -0.39 is 17.7 Å². The lowest BCUT2D eigenvalue weighted by molar-refractivity contribution is -0.166. The number of aromatic hydroxyl groups is 1. The van der Waals surface area contributed by atoms with E-state index in [-0.39, 0.29) is 67.3 Å². The third kappa shape index (κ3) is 8.66. The normalized spacial score (nSPS) is 21.0. The first-order chi connectivity index (χ1) is 19.9. The number of unbranched alkanes of at least 4 members (excludes halogenated alkanes) is 1. The molecule has 10 nitrogen and oxygen atoms in total. The van der Waals surface area contributed by atoms with Gasteiger partial charge in [-0.15, -0.1) is 37.2 Å². The van der Waals surface area contributed by atoms with Crippen molar-refractivity contribution in [1.82, 2.24) is 25.1 Å². The number of halogens is 3. The zero-order valence-electron chi connectivity index (χ0n) is 25.2. The average Bonchev–Trinajstić information content (AvgIpc) is 3.00. The molecule has 1 spiro atoms. The molecular weight excluding hydrogens is 629 g/mol. The van der Waals surface area contributed by atoms with Gasteiger partial charge in [0.2, 0.25) is 11.8 Å². The van der Waals surface area contributed by atoms with Gasteiger partial charge in [0, 0.05) is 26.2 Å². The van der Waals surface area contributed by atoms with Crippen molar-refractivity contribution in [3.63, 3.8) is 0 Å². The fourth-order valence-electron chi connectivity index (χ4n) is 6.51. The molecule has 2 amide bonds. The second-order valence-corrected chi connectivity index (χ2v) is 11.8. The lowest BCUT2D eigenvalue weighted by Gasteiger charge is -2.52. The summed E-state index contributed by atoms with van der Waals surface area (Å²) in [6.07, 6.45) is 10.2. The molecule has 246 valence electrons. The number of carbonyl (C=O) groups is 2. The molecule has 2 aromatic rings. The van der Waals surface area contributed by atoms with Crippen molar-refractivity contribution in [1.29, 1.82) is 0 Å². The summed E-state index contributed by atoms with van der Waals surface area (Å²) in [4.78, 5) is 40.3. The van der Waals surface area contributed by atoms with Crippen LogP contribution in [0.3, 0.4) is 0 Å².